The van der Waals surface area contributed by atoms with Crippen molar-refractivity contribution in [1.82, 2.24) is 0 Å². The quantitative estimate of drug-likeness (QED) is 0.793. The van der Waals surface area contributed by atoms with E-state index >= 15 is 0 Å². The van der Waals surface area contributed by atoms with Gasteiger partial charge in [0.15, 0.2) is 0 Å². The summed E-state index contributed by atoms with van der Waals surface area (Å²) < 4.78 is 0. The molecule has 1 unspecified atom stereocenters. The zero-order chi connectivity index (χ0) is 18.7. The van der Waals surface area contributed by atoms with Crippen LogP contribution in [0.2, 0.25) is 0 Å². The number of allylic oxidation sites excluding steroid dienone is 2. The van der Waals surface area contributed by atoms with Gasteiger partial charge in [0.05, 0.1) is 24.8 Å². The Labute approximate surface area is 155 Å². The average molecular weight is 346 g/mol. The van der Waals surface area contributed by atoms with Crippen molar-refractivity contribution in [2.75, 3.05) is 4.90 Å². The summed E-state index contributed by atoms with van der Waals surface area (Å²) in [6.07, 6.45) is 4.34. The zero-order valence-electron chi connectivity index (χ0n) is 14.9. The van der Waals surface area contributed by atoms with Crippen molar-refractivity contribution in [2.24, 2.45) is 0 Å². The molecule has 1 amide bonds. The van der Waals surface area contributed by atoms with Gasteiger partial charge >= 0.3 is 0 Å². The minimum absolute atomic E-state index is 0.0754. The number of hydrogen-bond acceptors (Lipinski definition) is 2. The van der Waals surface area contributed by atoms with E-state index < -0.39 is 6.10 Å². The number of anilines is 1. The third-order valence-electron chi connectivity index (χ3n) is 4.79. The number of rotatable bonds is 6. The standard InChI is InChI=1S/C23H24NO2/c1-4-8-17-12-18(9-5-2)23-20(13-17)24(22(26)14-21(23)25)15-19-11-7-6-10-16(19)3/h4-7,10-13,21,25H,1-3,8-9,14-15H2. The average Bonchev–Trinajstić information content (AvgIpc) is 2.60. The maximum atomic E-state index is 12.7. The van der Waals surface area contributed by atoms with Crippen molar-refractivity contribution in [3.63, 3.8) is 0 Å². The van der Waals surface area contributed by atoms with Crippen LogP contribution < -0.4 is 4.90 Å². The Hall–Kier alpha value is -2.65. The van der Waals surface area contributed by atoms with E-state index in [0.717, 1.165) is 33.5 Å². The van der Waals surface area contributed by atoms with Crippen LogP contribution in [-0.4, -0.2) is 11.0 Å². The summed E-state index contributed by atoms with van der Waals surface area (Å²) in [5.74, 6) is -0.0754. The molecular weight excluding hydrogens is 322 g/mol. The molecule has 3 nitrogen and oxygen atoms in total. The monoisotopic (exact) mass is 346 g/mol. The van der Waals surface area contributed by atoms with Crippen molar-refractivity contribution >= 4 is 11.6 Å². The third kappa shape index (κ3) is 3.49. The van der Waals surface area contributed by atoms with E-state index in [1.54, 1.807) is 4.90 Å². The summed E-state index contributed by atoms with van der Waals surface area (Å²) in [6, 6.07) is 11.9. The molecule has 0 spiro atoms. The van der Waals surface area contributed by atoms with Crippen molar-refractivity contribution < 1.29 is 9.90 Å². The number of hydrogen-bond donors (Lipinski definition) is 1. The van der Waals surface area contributed by atoms with Crippen LogP contribution in [-0.2, 0) is 24.2 Å². The molecule has 3 heteroatoms. The van der Waals surface area contributed by atoms with Crippen LogP contribution in [0.15, 0.2) is 61.7 Å². The summed E-state index contributed by atoms with van der Waals surface area (Å²) in [4.78, 5) is 14.5. The maximum Gasteiger partial charge on any atom is 0.230 e. The number of aliphatic hydroxyl groups is 1. The fourth-order valence-electron chi connectivity index (χ4n) is 3.55. The van der Waals surface area contributed by atoms with Gasteiger partial charge < -0.3 is 10.0 Å². The SMILES string of the molecule is [CH2]c1ccccc1CN1C(=O)CC(O)c2c(CC=C)cc(CC=C)cc21. The van der Waals surface area contributed by atoms with Crippen LogP contribution >= 0.6 is 0 Å². The minimum Gasteiger partial charge on any atom is -0.388 e. The summed E-state index contributed by atoms with van der Waals surface area (Å²) in [5.41, 5.74) is 5.61. The third-order valence-corrected chi connectivity index (χ3v) is 4.79. The van der Waals surface area contributed by atoms with Gasteiger partial charge in [0.25, 0.3) is 0 Å². The Morgan fingerprint density at radius 1 is 1.12 bits per heavy atom. The van der Waals surface area contributed by atoms with E-state index in [1.165, 1.54) is 0 Å². The number of benzene rings is 2. The smallest absolute Gasteiger partial charge is 0.230 e. The lowest BCUT2D eigenvalue weighted by atomic mass is 9.89. The van der Waals surface area contributed by atoms with Gasteiger partial charge in [-0.25, -0.2) is 0 Å². The summed E-state index contributed by atoms with van der Waals surface area (Å²) in [6.45, 7) is 12.2. The van der Waals surface area contributed by atoms with Gasteiger partial charge in [0, 0.05) is 5.56 Å². The molecule has 1 atom stereocenters. The lowest BCUT2D eigenvalue weighted by Crippen LogP contribution is -2.37. The molecule has 1 N–H and O–H groups in total. The Kier molecular flexibility index (Phi) is 5.38. The minimum atomic E-state index is -0.781. The van der Waals surface area contributed by atoms with Crippen molar-refractivity contribution in [2.45, 2.75) is 31.9 Å². The molecule has 0 aliphatic carbocycles. The molecule has 0 saturated heterocycles. The largest absolute Gasteiger partial charge is 0.388 e. The second kappa shape index (κ2) is 7.71. The van der Waals surface area contributed by atoms with E-state index in [1.807, 2.05) is 42.5 Å². The van der Waals surface area contributed by atoms with Crippen LogP contribution in [0, 0.1) is 6.92 Å². The van der Waals surface area contributed by atoms with Gasteiger partial charge in [-0.1, -0.05) is 42.5 Å². The maximum absolute atomic E-state index is 12.7. The number of carbonyl (C=O) groups excluding carboxylic acids is 1. The fourth-order valence-corrected chi connectivity index (χ4v) is 3.55. The highest BCUT2D eigenvalue weighted by Gasteiger charge is 2.32. The van der Waals surface area contributed by atoms with Gasteiger partial charge in [-0.05, 0) is 48.1 Å². The van der Waals surface area contributed by atoms with E-state index in [-0.39, 0.29) is 12.3 Å². The van der Waals surface area contributed by atoms with E-state index in [4.69, 9.17) is 0 Å². The molecule has 1 heterocycles. The van der Waals surface area contributed by atoms with Crippen LogP contribution in [0.5, 0.6) is 0 Å². The molecule has 0 saturated carbocycles. The molecule has 0 aromatic heterocycles. The molecule has 133 valence electrons. The highest BCUT2D eigenvalue weighted by molar-refractivity contribution is 5.97. The summed E-state index contributed by atoms with van der Waals surface area (Å²) in [5, 5.41) is 10.6. The van der Waals surface area contributed by atoms with E-state index in [2.05, 4.69) is 26.1 Å². The molecule has 1 radical (unpaired) electrons. The second-order valence-electron chi connectivity index (χ2n) is 6.64. The lowest BCUT2D eigenvalue weighted by molar-refractivity contribution is -0.121. The molecule has 2 aromatic carbocycles. The number of aliphatic hydroxyl groups excluding tert-OH is 1. The molecular formula is C23H24NO2. The Morgan fingerprint density at radius 3 is 2.54 bits per heavy atom. The topological polar surface area (TPSA) is 40.5 Å². The van der Waals surface area contributed by atoms with E-state index in [0.29, 0.717) is 19.4 Å². The van der Waals surface area contributed by atoms with Crippen molar-refractivity contribution in [1.29, 1.82) is 0 Å². The first kappa shape index (κ1) is 18.2. The zero-order valence-corrected chi connectivity index (χ0v) is 14.9. The second-order valence-corrected chi connectivity index (χ2v) is 6.64. The van der Waals surface area contributed by atoms with Crippen molar-refractivity contribution in [3.05, 3.63) is 96.4 Å². The number of fused-ring (bicyclic) bond motifs is 1. The number of amides is 1. The van der Waals surface area contributed by atoms with Crippen molar-refractivity contribution in [3.8, 4) is 0 Å². The first-order chi connectivity index (χ1) is 12.5. The Morgan fingerprint density at radius 2 is 1.85 bits per heavy atom. The van der Waals surface area contributed by atoms with Crippen LogP contribution in [0.3, 0.4) is 0 Å². The molecule has 0 bridgehead atoms. The molecule has 0 fully saturated rings. The Bertz CT molecular complexity index is 853. The molecule has 3 rings (SSSR count). The predicted octanol–water partition coefficient (Wildman–Crippen LogP) is 4.30. The first-order valence-corrected chi connectivity index (χ1v) is 8.81. The lowest BCUT2D eigenvalue weighted by Gasteiger charge is -2.34. The highest BCUT2D eigenvalue weighted by Crippen LogP contribution is 2.39. The fraction of sp³-hybridized carbons (Fsp3) is 0.217. The predicted molar refractivity (Wildman–Crippen MR) is 106 cm³/mol. The highest BCUT2D eigenvalue weighted by atomic mass is 16.3. The summed E-state index contributed by atoms with van der Waals surface area (Å²) in [7, 11) is 0. The Balaban J connectivity index is 2.12. The molecule has 1 aliphatic rings. The van der Waals surface area contributed by atoms with E-state index in [9.17, 15) is 9.90 Å². The van der Waals surface area contributed by atoms with Crippen LogP contribution in [0.1, 0.15) is 40.3 Å². The molecule has 1 aliphatic heterocycles. The summed E-state index contributed by atoms with van der Waals surface area (Å²) >= 11 is 0. The number of carbonyl (C=O) groups is 1. The first-order valence-electron chi connectivity index (χ1n) is 8.81. The number of nitrogens with zero attached hydrogens (tertiary/aromatic N) is 1. The normalized spacial score (nSPS) is 16.3. The van der Waals surface area contributed by atoms with Gasteiger partial charge in [-0.2, -0.15) is 0 Å². The van der Waals surface area contributed by atoms with Gasteiger partial charge in [-0.3, -0.25) is 4.79 Å². The molecule has 26 heavy (non-hydrogen) atoms. The van der Waals surface area contributed by atoms with Crippen LogP contribution in [0.4, 0.5) is 5.69 Å². The molecule has 2 aromatic rings. The van der Waals surface area contributed by atoms with Gasteiger partial charge in [0.1, 0.15) is 0 Å². The van der Waals surface area contributed by atoms with Gasteiger partial charge in [0.2, 0.25) is 5.91 Å². The van der Waals surface area contributed by atoms with Gasteiger partial charge in [-0.15, -0.1) is 13.2 Å². The van der Waals surface area contributed by atoms with Crippen LogP contribution in [0.25, 0.3) is 0 Å².